The van der Waals surface area contributed by atoms with Crippen LogP contribution in [0.15, 0.2) is 0 Å². The molecular weight excluding hydrogens is 236 g/mol. The molecule has 0 radical (unpaired) electrons. The van der Waals surface area contributed by atoms with Crippen LogP contribution in [0.3, 0.4) is 0 Å². The van der Waals surface area contributed by atoms with Gasteiger partial charge >= 0.3 is 5.97 Å². The monoisotopic (exact) mass is 254 g/mol. The van der Waals surface area contributed by atoms with E-state index in [0.717, 1.165) is 6.42 Å². The van der Waals surface area contributed by atoms with Gasteiger partial charge in [-0.05, 0) is 20.3 Å². The van der Waals surface area contributed by atoms with Crippen molar-refractivity contribution in [2.24, 2.45) is 0 Å². The van der Waals surface area contributed by atoms with Gasteiger partial charge in [-0.15, -0.1) is 5.10 Å². The number of amides is 1. The van der Waals surface area contributed by atoms with Gasteiger partial charge in [0.05, 0.1) is 6.61 Å². The standard InChI is InChI=1S/C11H18N4O3/c1-4-6-15(7-9(16)18-5-2)11(17)10-12-8(3)13-14-10/h4-7H2,1-3H3,(H,12,13,14). The second kappa shape index (κ2) is 6.73. The Morgan fingerprint density at radius 2 is 2.11 bits per heavy atom. The molecule has 0 aromatic carbocycles. The fraction of sp³-hybridized carbons (Fsp3) is 0.636. The van der Waals surface area contributed by atoms with Gasteiger partial charge in [0.2, 0.25) is 5.82 Å². The SMILES string of the molecule is CCCN(CC(=O)OCC)C(=O)c1n[nH]c(C)n1. The van der Waals surface area contributed by atoms with Gasteiger partial charge in [-0.2, -0.15) is 0 Å². The first-order valence-corrected chi connectivity index (χ1v) is 5.92. The summed E-state index contributed by atoms with van der Waals surface area (Å²) in [6, 6.07) is 0. The minimum atomic E-state index is -0.424. The maximum Gasteiger partial charge on any atom is 0.325 e. The molecule has 0 bridgehead atoms. The third kappa shape index (κ3) is 3.83. The molecule has 1 aromatic heterocycles. The number of carbonyl (C=O) groups is 2. The lowest BCUT2D eigenvalue weighted by Gasteiger charge is -2.19. The number of rotatable bonds is 6. The van der Waals surface area contributed by atoms with Crippen LogP contribution >= 0.6 is 0 Å². The van der Waals surface area contributed by atoms with Crippen molar-refractivity contribution in [1.82, 2.24) is 20.1 Å². The first-order chi connectivity index (χ1) is 8.58. The summed E-state index contributed by atoms with van der Waals surface area (Å²) < 4.78 is 4.83. The fourth-order valence-corrected chi connectivity index (χ4v) is 1.46. The van der Waals surface area contributed by atoms with Crippen LogP contribution in [0.2, 0.25) is 0 Å². The van der Waals surface area contributed by atoms with Crippen LogP contribution < -0.4 is 0 Å². The molecule has 7 heteroatoms. The minimum Gasteiger partial charge on any atom is -0.465 e. The zero-order valence-corrected chi connectivity index (χ0v) is 10.9. The predicted octanol–water partition coefficient (Wildman–Crippen LogP) is 0.528. The van der Waals surface area contributed by atoms with E-state index in [-0.39, 0.29) is 18.3 Å². The molecule has 1 aromatic rings. The highest BCUT2D eigenvalue weighted by molar-refractivity contribution is 5.92. The molecule has 7 nitrogen and oxygen atoms in total. The lowest BCUT2D eigenvalue weighted by Crippen LogP contribution is -2.37. The van der Waals surface area contributed by atoms with Crippen LogP contribution in [0.1, 0.15) is 36.7 Å². The van der Waals surface area contributed by atoms with Crippen molar-refractivity contribution in [1.29, 1.82) is 0 Å². The molecular formula is C11H18N4O3. The molecule has 1 N–H and O–H groups in total. The number of esters is 1. The molecule has 18 heavy (non-hydrogen) atoms. The van der Waals surface area contributed by atoms with E-state index in [4.69, 9.17) is 4.74 Å². The van der Waals surface area contributed by atoms with Crippen molar-refractivity contribution < 1.29 is 14.3 Å². The van der Waals surface area contributed by atoms with Gasteiger partial charge < -0.3 is 9.64 Å². The summed E-state index contributed by atoms with van der Waals surface area (Å²) in [5, 5.41) is 6.39. The summed E-state index contributed by atoms with van der Waals surface area (Å²) in [5.74, 6) is -0.156. The van der Waals surface area contributed by atoms with Gasteiger partial charge in [0.15, 0.2) is 0 Å². The van der Waals surface area contributed by atoms with Crippen molar-refractivity contribution in [3.8, 4) is 0 Å². The molecule has 0 atom stereocenters. The number of carbonyl (C=O) groups excluding carboxylic acids is 2. The molecule has 0 unspecified atom stereocenters. The Hall–Kier alpha value is -1.92. The lowest BCUT2D eigenvalue weighted by molar-refractivity contribution is -0.143. The maximum atomic E-state index is 12.1. The molecule has 1 heterocycles. The highest BCUT2D eigenvalue weighted by atomic mass is 16.5. The van der Waals surface area contributed by atoms with E-state index in [1.165, 1.54) is 4.90 Å². The van der Waals surface area contributed by atoms with Gasteiger partial charge in [-0.1, -0.05) is 6.92 Å². The van der Waals surface area contributed by atoms with E-state index in [0.29, 0.717) is 19.0 Å². The van der Waals surface area contributed by atoms with Crippen molar-refractivity contribution >= 4 is 11.9 Å². The van der Waals surface area contributed by atoms with Gasteiger partial charge in [-0.25, -0.2) is 4.98 Å². The third-order valence-electron chi connectivity index (χ3n) is 2.19. The van der Waals surface area contributed by atoms with Crippen LogP contribution in [0.5, 0.6) is 0 Å². The molecule has 0 saturated carbocycles. The molecule has 0 aliphatic rings. The van der Waals surface area contributed by atoms with E-state index in [2.05, 4.69) is 15.2 Å². The quantitative estimate of drug-likeness (QED) is 0.748. The predicted molar refractivity (Wildman–Crippen MR) is 63.9 cm³/mol. The van der Waals surface area contributed by atoms with E-state index in [1.807, 2.05) is 6.92 Å². The smallest absolute Gasteiger partial charge is 0.325 e. The number of nitrogens with zero attached hydrogens (tertiary/aromatic N) is 3. The first-order valence-electron chi connectivity index (χ1n) is 5.92. The zero-order valence-electron chi connectivity index (χ0n) is 10.9. The summed E-state index contributed by atoms with van der Waals surface area (Å²) >= 11 is 0. The lowest BCUT2D eigenvalue weighted by atomic mass is 10.3. The van der Waals surface area contributed by atoms with Crippen LogP contribution in [0.25, 0.3) is 0 Å². The highest BCUT2D eigenvalue weighted by Crippen LogP contribution is 2.01. The summed E-state index contributed by atoms with van der Waals surface area (Å²) in [7, 11) is 0. The largest absolute Gasteiger partial charge is 0.465 e. The van der Waals surface area contributed by atoms with Gasteiger partial charge in [-0.3, -0.25) is 14.7 Å². The Morgan fingerprint density at radius 1 is 1.39 bits per heavy atom. The second-order valence-corrected chi connectivity index (χ2v) is 3.78. The van der Waals surface area contributed by atoms with Crippen LogP contribution in [-0.2, 0) is 9.53 Å². The van der Waals surface area contributed by atoms with Crippen LogP contribution in [-0.4, -0.2) is 51.7 Å². The minimum absolute atomic E-state index is 0.0743. The fourth-order valence-electron chi connectivity index (χ4n) is 1.46. The van der Waals surface area contributed by atoms with Crippen molar-refractivity contribution in [2.75, 3.05) is 19.7 Å². The third-order valence-corrected chi connectivity index (χ3v) is 2.19. The second-order valence-electron chi connectivity index (χ2n) is 3.78. The molecule has 0 aliphatic carbocycles. The number of hydrogen-bond donors (Lipinski definition) is 1. The number of aromatic amines is 1. The topological polar surface area (TPSA) is 88.2 Å². The average molecular weight is 254 g/mol. The zero-order chi connectivity index (χ0) is 13.5. The Labute approximate surface area is 106 Å². The number of aromatic nitrogens is 3. The maximum absolute atomic E-state index is 12.1. The summed E-state index contributed by atoms with van der Waals surface area (Å²) in [6.07, 6.45) is 0.745. The number of ether oxygens (including phenoxy) is 1. The Kier molecular flexibility index (Phi) is 5.29. The van der Waals surface area contributed by atoms with Crippen molar-refractivity contribution in [3.05, 3.63) is 11.6 Å². The van der Waals surface area contributed by atoms with E-state index < -0.39 is 5.97 Å². The number of nitrogens with one attached hydrogen (secondary N) is 1. The number of hydrogen-bond acceptors (Lipinski definition) is 5. The molecule has 1 amide bonds. The molecule has 100 valence electrons. The highest BCUT2D eigenvalue weighted by Gasteiger charge is 2.21. The Morgan fingerprint density at radius 3 is 2.61 bits per heavy atom. The van der Waals surface area contributed by atoms with Crippen LogP contribution in [0.4, 0.5) is 0 Å². The summed E-state index contributed by atoms with van der Waals surface area (Å²) in [4.78, 5) is 28.8. The number of H-pyrrole nitrogens is 1. The van der Waals surface area contributed by atoms with E-state index in [9.17, 15) is 9.59 Å². The van der Waals surface area contributed by atoms with Crippen LogP contribution in [0, 0.1) is 6.92 Å². The van der Waals surface area contributed by atoms with Gasteiger partial charge in [0.1, 0.15) is 12.4 Å². The molecule has 0 saturated heterocycles. The van der Waals surface area contributed by atoms with Gasteiger partial charge in [0.25, 0.3) is 5.91 Å². The summed E-state index contributed by atoms with van der Waals surface area (Å²) in [6.45, 7) is 6.04. The van der Waals surface area contributed by atoms with Crippen molar-refractivity contribution in [2.45, 2.75) is 27.2 Å². The molecule has 0 aliphatic heterocycles. The average Bonchev–Trinajstić information content (AvgIpc) is 2.75. The summed E-state index contributed by atoms with van der Waals surface area (Å²) in [5.41, 5.74) is 0. The van der Waals surface area contributed by atoms with E-state index in [1.54, 1.807) is 13.8 Å². The molecule has 0 spiro atoms. The Balaban J connectivity index is 2.71. The molecule has 0 fully saturated rings. The number of aryl methyl sites for hydroxylation is 1. The van der Waals surface area contributed by atoms with Crippen molar-refractivity contribution in [3.63, 3.8) is 0 Å². The van der Waals surface area contributed by atoms with Gasteiger partial charge in [0, 0.05) is 6.54 Å². The first kappa shape index (κ1) is 14.1. The Bertz CT molecular complexity index is 416. The molecule has 1 rings (SSSR count). The normalized spacial score (nSPS) is 10.2. The van der Waals surface area contributed by atoms with E-state index >= 15 is 0 Å².